The van der Waals surface area contributed by atoms with E-state index in [4.69, 9.17) is 4.74 Å². The highest BCUT2D eigenvalue weighted by atomic mass is 127. The van der Waals surface area contributed by atoms with Crippen LogP contribution in [0.5, 0.6) is 0 Å². The monoisotopic (exact) mass is 390 g/mol. The molecule has 0 bridgehead atoms. The molecule has 0 radical (unpaired) electrons. The summed E-state index contributed by atoms with van der Waals surface area (Å²) in [5, 5.41) is 3.96. The van der Waals surface area contributed by atoms with E-state index in [1.54, 1.807) is 7.05 Å². The molecule has 0 aliphatic carbocycles. The van der Waals surface area contributed by atoms with Gasteiger partial charge in [0.15, 0.2) is 0 Å². The standard InChI is InChI=1S/C13H19IN4O2/c1-17-11(15-9-16-17)12(19)18-4-2-13(3-5-18)6-10(7-14)20-8-13/h9-10H,2-8H2,1H3. The van der Waals surface area contributed by atoms with Crippen molar-refractivity contribution in [2.45, 2.75) is 25.4 Å². The Balaban J connectivity index is 1.62. The molecule has 1 atom stereocenters. The molecule has 110 valence electrons. The first kappa shape index (κ1) is 14.2. The summed E-state index contributed by atoms with van der Waals surface area (Å²) >= 11 is 2.39. The Bertz CT molecular complexity index is 496. The lowest BCUT2D eigenvalue weighted by molar-refractivity contribution is 0.0497. The van der Waals surface area contributed by atoms with E-state index in [1.807, 2.05) is 4.90 Å². The number of halogens is 1. The highest BCUT2D eigenvalue weighted by Gasteiger charge is 2.43. The number of aromatic nitrogens is 3. The van der Waals surface area contributed by atoms with Gasteiger partial charge in [-0.15, -0.1) is 0 Å². The number of alkyl halides is 1. The molecule has 0 aromatic carbocycles. The van der Waals surface area contributed by atoms with Crippen molar-refractivity contribution >= 4 is 28.5 Å². The van der Waals surface area contributed by atoms with Crippen LogP contribution in [0.2, 0.25) is 0 Å². The van der Waals surface area contributed by atoms with Crippen LogP contribution >= 0.6 is 22.6 Å². The SMILES string of the molecule is Cn1ncnc1C(=O)N1CCC2(CC1)COC(CI)C2. The van der Waals surface area contributed by atoms with Crippen molar-refractivity contribution in [3.05, 3.63) is 12.2 Å². The molecule has 2 aliphatic heterocycles. The lowest BCUT2D eigenvalue weighted by Gasteiger charge is -2.38. The molecule has 20 heavy (non-hydrogen) atoms. The minimum absolute atomic E-state index is 0.00999. The average molecular weight is 390 g/mol. The molecule has 1 spiro atoms. The summed E-state index contributed by atoms with van der Waals surface area (Å²) in [4.78, 5) is 18.3. The van der Waals surface area contributed by atoms with Crippen LogP contribution in [0.3, 0.4) is 0 Å². The van der Waals surface area contributed by atoms with Crippen molar-refractivity contribution in [1.82, 2.24) is 19.7 Å². The normalized spacial score (nSPS) is 25.3. The van der Waals surface area contributed by atoms with Crippen LogP contribution in [0, 0.1) is 5.41 Å². The van der Waals surface area contributed by atoms with Gasteiger partial charge in [-0.25, -0.2) is 9.67 Å². The maximum atomic E-state index is 12.4. The van der Waals surface area contributed by atoms with E-state index in [0.717, 1.165) is 43.4 Å². The highest BCUT2D eigenvalue weighted by molar-refractivity contribution is 14.1. The fourth-order valence-electron chi connectivity index (χ4n) is 3.16. The van der Waals surface area contributed by atoms with Gasteiger partial charge in [0.25, 0.3) is 5.91 Å². The van der Waals surface area contributed by atoms with Crippen LogP contribution in [-0.2, 0) is 11.8 Å². The molecule has 3 rings (SSSR count). The number of rotatable bonds is 2. The maximum absolute atomic E-state index is 12.4. The number of amides is 1. The zero-order valence-corrected chi connectivity index (χ0v) is 13.7. The van der Waals surface area contributed by atoms with Crippen molar-refractivity contribution in [1.29, 1.82) is 0 Å². The molecule has 2 saturated heterocycles. The summed E-state index contributed by atoms with van der Waals surface area (Å²) in [7, 11) is 1.75. The van der Waals surface area contributed by atoms with Crippen LogP contribution in [0.4, 0.5) is 0 Å². The summed E-state index contributed by atoms with van der Waals surface area (Å²) in [6, 6.07) is 0. The average Bonchev–Trinajstić information content (AvgIpc) is 3.06. The van der Waals surface area contributed by atoms with E-state index in [2.05, 4.69) is 32.7 Å². The number of ether oxygens (including phenoxy) is 1. The Labute approximate surface area is 132 Å². The Morgan fingerprint density at radius 2 is 2.30 bits per heavy atom. The number of likely N-dealkylation sites (tertiary alicyclic amines) is 1. The van der Waals surface area contributed by atoms with Crippen LogP contribution in [0.25, 0.3) is 0 Å². The molecule has 1 unspecified atom stereocenters. The molecule has 6 nitrogen and oxygen atoms in total. The molecule has 2 aliphatic rings. The van der Waals surface area contributed by atoms with Gasteiger partial charge >= 0.3 is 0 Å². The number of nitrogens with zero attached hydrogens (tertiary/aromatic N) is 4. The van der Waals surface area contributed by atoms with Crippen molar-refractivity contribution in [2.24, 2.45) is 12.5 Å². The van der Waals surface area contributed by atoms with Gasteiger partial charge in [-0.05, 0) is 24.7 Å². The molecule has 3 heterocycles. The second-order valence-corrected chi connectivity index (χ2v) is 6.67. The van der Waals surface area contributed by atoms with Gasteiger partial charge in [-0.2, -0.15) is 5.10 Å². The first-order valence-corrected chi connectivity index (χ1v) is 8.47. The fourth-order valence-corrected chi connectivity index (χ4v) is 3.72. The van der Waals surface area contributed by atoms with Gasteiger partial charge in [-0.1, -0.05) is 22.6 Å². The van der Waals surface area contributed by atoms with E-state index >= 15 is 0 Å². The number of carbonyl (C=O) groups excluding carboxylic acids is 1. The van der Waals surface area contributed by atoms with E-state index < -0.39 is 0 Å². The van der Waals surface area contributed by atoms with Crippen LogP contribution < -0.4 is 0 Å². The molecule has 1 aromatic heterocycles. The molecule has 2 fully saturated rings. The predicted octanol–water partition coefficient (Wildman–Crippen LogP) is 1.26. The third kappa shape index (κ3) is 2.57. The quantitative estimate of drug-likeness (QED) is 0.564. The topological polar surface area (TPSA) is 60.2 Å². The van der Waals surface area contributed by atoms with Crippen LogP contribution in [0.15, 0.2) is 6.33 Å². The summed E-state index contributed by atoms with van der Waals surface area (Å²) in [5.74, 6) is 0.415. The van der Waals surface area contributed by atoms with Crippen molar-refractivity contribution in [3.8, 4) is 0 Å². The van der Waals surface area contributed by atoms with Crippen LogP contribution in [-0.4, -0.2) is 55.8 Å². The Morgan fingerprint density at radius 3 is 2.85 bits per heavy atom. The van der Waals surface area contributed by atoms with Crippen molar-refractivity contribution in [3.63, 3.8) is 0 Å². The highest BCUT2D eigenvalue weighted by Crippen LogP contribution is 2.42. The zero-order chi connectivity index (χ0) is 14.2. The number of hydrogen-bond donors (Lipinski definition) is 0. The Hall–Kier alpha value is -0.700. The molecular weight excluding hydrogens is 371 g/mol. The van der Waals surface area contributed by atoms with Gasteiger partial charge in [-0.3, -0.25) is 4.79 Å². The summed E-state index contributed by atoms with van der Waals surface area (Å²) in [6.45, 7) is 2.44. The third-order valence-corrected chi connectivity index (χ3v) is 5.45. The van der Waals surface area contributed by atoms with E-state index in [9.17, 15) is 4.79 Å². The number of aryl methyl sites for hydroxylation is 1. The second-order valence-electron chi connectivity index (χ2n) is 5.79. The van der Waals surface area contributed by atoms with Crippen LogP contribution in [0.1, 0.15) is 29.9 Å². The minimum atomic E-state index is -0.00999. The van der Waals surface area contributed by atoms with E-state index in [1.165, 1.54) is 11.0 Å². The fraction of sp³-hybridized carbons (Fsp3) is 0.769. The minimum Gasteiger partial charge on any atom is -0.377 e. The molecule has 7 heteroatoms. The molecule has 0 N–H and O–H groups in total. The maximum Gasteiger partial charge on any atom is 0.291 e. The van der Waals surface area contributed by atoms with Gasteiger partial charge in [0.05, 0.1) is 12.7 Å². The molecular formula is C13H19IN4O2. The summed E-state index contributed by atoms with van der Waals surface area (Å²) in [5.41, 5.74) is 0.298. The zero-order valence-electron chi connectivity index (χ0n) is 11.6. The number of piperidine rings is 1. The Morgan fingerprint density at radius 1 is 1.55 bits per heavy atom. The number of hydrogen-bond acceptors (Lipinski definition) is 4. The molecule has 1 aromatic rings. The summed E-state index contributed by atoms with van der Waals surface area (Å²) < 4.78 is 8.44. The van der Waals surface area contributed by atoms with Gasteiger partial charge < -0.3 is 9.64 Å². The molecule has 0 saturated carbocycles. The van der Waals surface area contributed by atoms with Crippen molar-refractivity contribution < 1.29 is 9.53 Å². The van der Waals surface area contributed by atoms with Gasteiger partial charge in [0, 0.05) is 24.6 Å². The van der Waals surface area contributed by atoms with E-state index in [0.29, 0.717) is 17.3 Å². The molecule has 1 amide bonds. The number of carbonyl (C=O) groups is 1. The van der Waals surface area contributed by atoms with E-state index in [-0.39, 0.29) is 5.91 Å². The first-order chi connectivity index (χ1) is 9.63. The smallest absolute Gasteiger partial charge is 0.291 e. The lowest BCUT2D eigenvalue weighted by Crippen LogP contribution is -2.44. The largest absolute Gasteiger partial charge is 0.377 e. The van der Waals surface area contributed by atoms with Crippen molar-refractivity contribution in [2.75, 3.05) is 24.1 Å². The first-order valence-electron chi connectivity index (χ1n) is 6.94. The lowest BCUT2D eigenvalue weighted by atomic mass is 9.77. The van der Waals surface area contributed by atoms with Gasteiger partial charge in [0.2, 0.25) is 5.82 Å². The predicted molar refractivity (Wildman–Crippen MR) is 81.8 cm³/mol. The Kier molecular flexibility index (Phi) is 3.98. The summed E-state index contributed by atoms with van der Waals surface area (Å²) in [6.07, 6.45) is 5.03. The third-order valence-electron chi connectivity index (χ3n) is 4.47. The van der Waals surface area contributed by atoms with Gasteiger partial charge in [0.1, 0.15) is 6.33 Å². The second kappa shape index (κ2) is 5.59.